The Morgan fingerprint density at radius 1 is 0.721 bits per heavy atom. The molecule has 43 heavy (non-hydrogen) atoms. The quantitative estimate of drug-likeness (QED) is 0.190. The number of hydrogen-bond donors (Lipinski definition) is 0. The molecule has 0 radical (unpaired) electrons. The zero-order chi connectivity index (χ0) is 29.3. The SMILES string of the molecule is CCOc1cc([C@H]2[C@@H]3C(=O)N(c4cccc5ccccc45)C(=O)[C@H]3ON2c2ccccc2)ccc1OCc1ccccc1. The van der Waals surface area contributed by atoms with Gasteiger partial charge in [-0.15, -0.1) is 0 Å². The van der Waals surface area contributed by atoms with Crippen LogP contribution in [0.1, 0.15) is 24.1 Å². The van der Waals surface area contributed by atoms with Crippen molar-refractivity contribution in [3.8, 4) is 11.5 Å². The van der Waals surface area contributed by atoms with Crippen molar-refractivity contribution in [1.82, 2.24) is 0 Å². The van der Waals surface area contributed by atoms with Crippen LogP contribution in [0.25, 0.3) is 10.8 Å². The van der Waals surface area contributed by atoms with Gasteiger partial charge in [-0.3, -0.25) is 14.4 Å². The molecule has 214 valence electrons. The molecule has 5 aromatic rings. The van der Waals surface area contributed by atoms with Crippen LogP contribution >= 0.6 is 0 Å². The summed E-state index contributed by atoms with van der Waals surface area (Å²) in [4.78, 5) is 35.9. The second-order valence-corrected chi connectivity index (χ2v) is 10.6. The Bertz CT molecular complexity index is 1790. The zero-order valence-electron chi connectivity index (χ0n) is 23.6. The van der Waals surface area contributed by atoms with Crippen LogP contribution in [-0.2, 0) is 21.0 Å². The summed E-state index contributed by atoms with van der Waals surface area (Å²) in [5.74, 6) is -0.269. The number of ether oxygens (including phenoxy) is 2. The largest absolute Gasteiger partial charge is 0.490 e. The van der Waals surface area contributed by atoms with Gasteiger partial charge >= 0.3 is 0 Å². The fraction of sp³-hybridized carbons (Fsp3) is 0.167. The van der Waals surface area contributed by atoms with Crippen LogP contribution in [0.15, 0.2) is 121 Å². The predicted molar refractivity (Wildman–Crippen MR) is 165 cm³/mol. The Kier molecular flexibility index (Phi) is 7.01. The first kappa shape index (κ1) is 26.7. The van der Waals surface area contributed by atoms with Gasteiger partial charge in [0.05, 0.1) is 24.0 Å². The van der Waals surface area contributed by atoms with Crippen LogP contribution in [0.2, 0.25) is 0 Å². The first-order valence-electron chi connectivity index (χ1n) is 14.4. The first-order valence-corrected chi connectivity index (χ1v) is 14.4. The summed E-state index contributed by atoms with van der Waals surface area (Å²) < 4.78 is 12.2. The number of rotatable bonds is 8. The van der Waals surface area contributed by atoms with E-state index < -0.39 is 18.1 Å². The highest BCUT2D eigenvalue weighted by Gasteiger charge is 2.60. The molecule has 0 aromatic heterocycles. The standard InChI is InChI=1S/C36H30N2O5/c1-2-41-31-22-26(20-21-30(31)42-23-24-12-5-3-6-13-24)33-32-34(43-38(33)27-16-7-4-8-17-27)36(40)37(35(32)39)29-19-11-15-25-14-9-10-18-28(25)29/h3-22,32-34H,2,23H2,1H3/t32-,33-,34-/m0/s1. The predicted octanol–water partition coefficient (Wildman–Crippen LogP) is 6.87. The first-order chi connectivity index (χ1) is 21.1. The average Bonchev–Trinajstić information content (AvgIpc) is 3.56. The Morgan fingerprint density at radius 2 is 1.44 bits per heavy atom. The van der Waals surface area contributed by atoms with Gasteiger partial charge in [0, 0.05) is 5.39 Å². The average molecular weight is 571 g/mol. The molecule has 0 aliphatic carbocycles. The molecule has 2 amide bonds. The maximum atomic E-state index is 14.3. The lowest BCUT2D eigenvalue weighted by Crippen LogP contribution is -2.37. The van der Waals surface area contributed by atoms with Gasteiger partial charge < -0.3 is 9.47 Å². The van der Waals surface area contributed by atoms with Crippen LogP contribution in [0.3, 0.4) is 0 Å². The molecule has 0 N–H and O–H groups in total. The number of carbonyl (C=O) groups is 2. The third kappa shape index (κ3) is 4.77. The van der Waals surface area contributed by atoms with Gasteiger partial charge in [-0.2, -0.15) is 0 Å². The summed E-state index contributed by atoms with van der Waals surface area (Å²) in [6.07, 6.45) is -0.971. The maximum absolute atomic E-state index is 14.3. The van der Waals surface area contributed by atoms with Crippen LogP contribution in [0, 0.1) is 5.92 Å². The molecule has 0 spiro atoms. The van der Waals surface area contributed by atoms with E-state index in [0.717, 1.165) is 27.6 Å². The number of imide groups is 1. The third-order valence-electron chi connectivity index (χ3n) is 7.98. The lowest BCUT2D eigenvalue weighted by atomic mass is 9.90. The van der Waals surface area contributed by atoms with Crippen molar-refractivity contribution in [3.63, 3.8) is 0 Å². The van der Waals surface area contributed by atoms with Crippen LogP contribution in [0.5, 0.6) is 11.5 Å². The Hall–Kier alpha value is -5.14. The highest BCUT2D eigenvalue weighted by molar-refractivity contribution is 6.26. The van der Waals surface area contributed by atoms with Crippen molar-refractivity contribution < 1.29 is 23.9 Å². The van der Waals surface area contributed by atoms with Gasteiger partial charge in [0.1, 0.15) is 12.5 Å². The molecule has 7 nitrogen and oxygen atoms in total. The van der Waals surface area contributed by atoms with E-state index in [1.165, 1.54) is 4.90 Å². The number of para-hydroxylation sites is 1. The molecule has 0 bridgehead atoms. The molecule has 2 aliphatic rings. The summed E-state index contributed by atoms with van der Waals surface area (Å²) in [6.45, 7) is 2.74. The van der Waals surface area contributed by atoms with E-state index >= 15 is 0 Å². The van der Waals surface area contributed by atoms with Gasteiger partial charge in [0.15, 0.2) is 17.6 Å². The minimum absolute atomic E-state index is 0.294. The van der Waals surface area contributed by atoms with Gasteiger partial charge in [-0.05, 0) is 53.8 Å². The molecule has 2 heterocycles. The Labute approximate surface area is 249 Å². The van der Waals surface area contributed by atoms with E-state index in [2.05, 4.69) is 0 Å². The van der Waals surface area contributed by atoms with Crippen LogP contribution < -0.4 is 19.4 Å². The number of amides is 2. The van der Waals surface area contributed by atoms with Crippen molar-refractivity contribution in [1.29, 1.82) is 0 Å². The van der Waals surface area contributed by atoms with Crippen molar-refractivity contribution >= 4 is 34.0 Å². The number of hydrogen-bond acceptors (Lipinski definition) is 6. The molecule has 7 rings (SSSR count). The third-order valence-corrected chi connectivity index (χ3v) is 7.98. The van der Waals surface area contributed by atoms with E-state index in [1.54, 1.807) is 5.06 Å². The Morgan fingerprint density at radius 3 is 2.23 bits per heavy atom. The number of benzene rings is 5. The molecule has 2 aliphatic heterocycles. The van der Waals surface area contributed by atoms with Gasteiger partial charge in [-0.25, -0.2) is 9.96 Å². The Balaban J connectivity index is 1.28. The zero-order valence-corrected chi connectivity index (χ0v) is 23.6. The molecule has 2 saturated heterocycles. The normalized spacial score (nSPS) is 19.6. The highest BCUT2D eigenvalue weighted by Crippen LogP contribution is 2.49. The molecule has 0 unspecified atom stereocenters. The lowest BCUT2D eigenvalue weighted by Gasteiger charge is -2.29. The molecule has 3 atom stereocenters. The van der Waals surface area contributed by atoms with Gasteiger partial charge in [0.25, 0.3) is 5.91 Å². The highest BCUT2D eigenvalue weighted by atomic mass is 16.7. The summed E-state index contributed by atoms with van der Waals surface area (Å²) in [5, 5.41) is 3.48. The number of carbonyl (C=O) groups excluding carboxylic acids is 2. The lowest BCUT2D eigenvalue weighted by molar-refractivity contribution is -0.126. The van der Waals surface area contributed by atoms with Gasteiger partial charge in [-0.1, -0.05) is 91.0 Å². The van der Waals surface area contributed by atoms with Crippen LogP contribution in [0.4, 0.5) is 11.4 Å². The number of fused-ring (bicyclic) bond motifs is 2. The number of anilines is 2. The summed E-state index contributed by atoms with van der Waals surface area (Å²) in [6, 6.07) is 38.0. The molecule has 7 heteroatoms. The van der Waals surface area contributed by atoms with E-state index in [1.807, 2.05) is 128 Å². The minimum Gasteiger partial charge on any atom is -0.490 e. The smallest absolute Gasteiger partial charge is 0.266 e. The summed E-state index contributed by atoms with van der Waals surface area (Å²) in [5.41, 5.74) is 3.14. The number of nitrogens with zero attached hydrogens (tertiary/aromatic N) is 2. The van der Waals surface area contributed by atoms with Crippen molar-refractivity contribution in [3.05, 3.63) is 132 Å². The van der Waals surface area contributed by atoms with Crippen molar-refractivity contribution in [2.45, 2.75) is 25.7 Å². The maximum Gasteiger partial charge on any atom is 0.266 e. The molecular weight excluding hydrogens is 540 g/mol. The fourth-order valence-corrected chi connectivity index (χ4v) is 6.02. The van der Waals surface area contributed by atoms with E-state index in [9.17, 15) is 9.59 Å². The molecule has 2 fully saturated rings. The minimum atomic E-state index is -0.971. The molecule has 0 saturated carbocycles. The summed E-state index contributed by atoms with van der Waals surface area (Å²) >= 11 is 0. The topological polar surface area (TPSA) is 68.3 Å². The monoisotopic (exact) mass is 570 g/mol. The van der Waals surface area contributed by atoms with Crippen molar-refractivity contribution in [2.24, 2.45) is 5.92 Å². The summed E-state index contributed by atoms with van der Waals surface area (Å²) in [7, 11) is 0. The number of hydroxylamine groups is 1. The molecule has 5 aromatic carbocycles. The van der Waals surface area contributed by atoms with Crippen molar-refractivity contribution in [2.75, 3.05) is 16.6 Å². The van der Waals surface area contributed by atoms with E-state index in [-0.39, 0.29) is 11.8 Å². The van der Waals surface area contributed by atoms with E-state index in [4.69, 9.17) is 14.3 Å². The molecular formula is C36H30N2O5. The van der Waals surface area contributed by atoms with Crippen LogP contribution in [-0.4, -0.2) is 24.5 Å². The van der Waals surface area contributed by atoms with Gasteiger partial charge in [0.2, 0.25) is 5.91 Å². The fourth-order valence-electron chi connectivity index (χ4n) is 6.02. The second-order valence-electron chi connectivity index (χ2n) is 10.6. The second kappa shape index (κ2) is 11.3. The van der Waals surface area contributed by atoms with E-state index in [0.29, 0.717) is 30.4 Å².